The maximum absolute atomic E-state index is 10.4. The van der Waals surface area contributed by atoms with E-state index in [0.717, 1.165) is 0 Å². The minimum Gasteiger partial charge on any atom is -0.770 e. The Kier molecular flexibility index (Phi) is 1.16. The summed E-state index contributed by atoms with van der Waals surface area (Å²) in [5.74, 6) is -0.292. The Labute approximate surface area is 46.2 Å². The van der Waals surface area contributed by atoms with Crippen LogP contribution in [-0.2, 0) is 4.79 Å². The van der Waals surface area contributed by atoms with Gasteiger partial charge in [0.15, 0.2) is 0 Å². The van der Waals surface area contributed by atoms with Crippen molar-refractivity contribution in [3.63, 3.8) is 0 Å². The van der Waals surface area contributed by atoms with E-state index in [0.29, 0.717) is 5.17 Å². The van der Waals surface area contributed by atoms with Crippen molar-refractivity contribution in [3.05, 3.63) is 5.21 Å². The molecule has 1 saturated heterocycles. The summed E-state index contributed by atoms with van der Waals surface area (Å²) in [6.45, 7) is 1.52. The van der Waals surface area contributed by atoms with Crippen molar-refractivity contribution in [3.8, 4) is 0 Å². The van der Waals surface area contributed by atoms with E-state index in [1.54, 1.807) is 0 Å². The highest BCUT2D eigenvalue weighted by atomic mass is 16.6. The Morgan fingerprint density at radius 3 is 2.62 bits per heavy atom. The molecule has 1 amide bonds. The van der Waals surface area contributed by atoms with Gasteiger partial charge in [0.05, 0.1) is 6.04 Å². The lowest BCUT2D eigenvalue weighted by molar-refractivity contribution is -0.120. The van der Waals surface area contributed by atoms with Crippen LogP contribution >= 0.6 is 0 Å². The lowest BCUT2D eigenvalue weighted by atomic mass is 10.4. The fraction of sp³-hybridized carbons (Fsp3) is 0.667. The second-order valence-corrected chi connectivity index (χ2v) is 1.60. The predicted octanol–water partition coefficient (Wildman–Crippen LogP) is -1.28. The predicted molar refractivity (Wildman–Crippen MR) is 25.9 cm³/mol. The van der Waals surface area contributed by atoms with Crippen LogP contribution in [0.2, 0.25) is 0 Å². The third-order valence-electron chi connectivity index (χ3n) is 1.02. The quantitative estimate of drug-likeness (QED) is 0.414. The lowest BCUT2D eigenvalue weighted by Gasteiger charge is -2.22. The van der Waals surface area contributed by atoms with E-state index < -0.39 is 6.04 Å². The maximum Gasteiger partial charge on any atom is 0.252 e. The number of amides is 1. The van der Waals surface area contributed by atoms with Gasteiger partial charge in [0.2, 0.25) is 0 Å². The van der Waals surface area contributed by atoms with Gasteiger partial charge in [-0.3, -0.25) is 15.4 Å². The first-order valence-electron chi connectivity index (χ1n) is 2.23. The molecule has 1 heterocycles. The van der Waals surface area contributed by atoms with Gasteiger partial charge in [-0.2, -0.15) is 5.53 Å². The fourth-order valence-electron chi connectivity index (χ4n) is 0.418. The lowest BCUT2D eigenvalue weighted by Crippen LogP contribution is -2.33. The number of hydrazine groups is 2. The van der Waals surface area contributed by atoms with Crippen LogP contribution < -0.4 is 11.0 Å². The third kappa shape index (κ3) is 0.664. The van der Waals surface area contributed by atoms with Crippen LogP contribution in [0, 0.1) is 5.21 Å². The van der Waals surface area contributed by atoms with Crippen LogP contribution in [0.1, 0.15) is 6.92 Å². The van der Waals surface area contributed by atoms with E-state index in [2.05, 4.69) is 11.0 Å². The molecule has 0 aromatic heterocycles. The number of rotatable bonds is 0. The first kappa shape index (κ1) is 5.49. The zero-order chi connectivity index (χ0) is 6.15. The fourth-order valence-corrected chi connectivity index (χ4v) is 0.418. The number of carbonyl (C=O) groups excluding carboxylic acids is 1. The van der Waals surface area contributed by atoms with Gasteiger partial charge in [0, 0.05) is 0 Å². The molecular weight excluding hydrogens is 110 g/mol. The average molecular weight is 116 g/mol. The molecule has 0 spiro atoms. The first-order valence-corrected chi connectivity index (χ1v) is 2.23. The van der Waals surface area contributed by atoms with Crippen molar-refractivity contribution >= 4 is 5.91 Å². The number of hydrogen-bond acceptors (Lipinski definition) is 4. The molecule has 2 N–H and O–H groups in total. The van der Waals surface area contributed by atoms with Crippen molar-refractivity contribution in [2.24, 2.45) is 0 Å². The van der Waals surface area contributed by atoms with E-state index >= 15 is 0 Å². The topological polar surface area (TPSA) is 67.4 Å². The highest BCUT2D eigenvalue weighted by Gasteiger charge is 2.19. The van der Waals surface area contributed by atoms with Gasteiger partial charge in [0.25, 0.3) is 5.91 Å². The maximum atomic E-state index is 10.4. The summed E-state index contributed by atoms with van der Waals surface area (Å²) < 4.78 is 0. The van der Waals surface area contributed by atoms with E-state index in [1.807, 2.05) is 0 Å². The number of hydrogen-bond donors (Lipinski definition) is 2. The Morgan fingerprint density at radius 1 is 1.88 bits per heavy atom. The molecule has 5 heteroatoms. The Hall–Kier alpha value is -0.650. The van der Waals surface area contributed by atoms with Gasteiger partial charge in [-0.15, -0.1) is 0 Å². The van der Waals surface area contributed by atoms with Crippen molar-refractivity contribution < 1.29 is 4.79 Å². The van der Waals surface area contributed by atoms with Crippen LogP contribution in [0.25, 0.3) is 0 Å². The van der Waals surface area contributed by atoms with Crippen LogP contribution in [-0.4, -0.2) is 17.1 Å². The number of nitrogens with zero attached hydrogens (tertiary/aromatic N) is 1. The van der Waals surface area contributed by atoms with E-state index in [9.17, 15) is 10.0 Å². The normalized spacial score (nSPS) is 30.8. The van der Waals surface area contributed by atoms with Gasteiger partial charge in [-0.1, -0.05) is 0 Å². The van der Waals surface area contributed by atoms with Gasteiger partial charge in [-0.25, -0.2) is 0 Å². The summed E-state index contributed by atoms with van der Waals surface area (Å²) in [6, 6.07) is -0.602. The first-order chi connectivity index (χ1) is 3.72. The Morgan fingerprint density at radius 2 is 2.50 bits per heavy atom. The van der Waals surface area contributed by atoms with Crippen molar-refractivity contribution in [1.29, 1.82) is 0 Å². The summed E-state index contributed by atoms with van der Waals surface area (Å²) >= 11 is 0. The second-order valence-electron chi connectivity index (χ2n) is 1.60. The molecule has 1 unspecified atom stereocenters. The zero-order valence-electron chi connectivity index (χ0n) is 4.34. The standard InChI is InChI=1S/C3H6N3O2/c1-2-3(7)4-5-6(2)8/h2,5H,1H3,(H,4,7)/q-1. The summed E-state index contributed by atoms with van der Waals surface area (Å²) in [5, 5.41) is 10.8. The van der Waals surface area contributed by atoms with E-state index in [4.69, 9.17) is 0 Å². The zero-order valence-corrected chi connectivity index (χ0v) is 4.34. The van der Waals surface area contributed by atoms with Crippen molar-refractivity contribution in [1.82, 2.24) is 16.1 Å². The largest absolute Gasteiger partial charge is 0.770 e. The Bertz CT molecular complexity index is 115. The summed E-state index contributed by atoms with van der Waals surface area (Å²) in [6.07, 6.45) is 0. The molecule has 1 aliphatic rings. The minimum absolute atomic E-state index is 0.292. The van der Waals surface area contributed by atoms with Crippen LogP contribution in [0.5, 0.6) is 0 Å². The number of nitrogens with one attached hydrogen (secondary N) is 2. The van der Waals surface area contributed by atoms with Gasteiger partial charge in [0.1, 0.15) is 0 Å². The molecular formula is C3H6N3O2-. The molecule has 0 saturated carbocycles. The van der Waals surface area contributed by atoms with E-state index in [-0.39, 0.29) is 5.91 Å². The second kappa shape index (κ2) is 1.70. The smallest absolute Gasteiger partial charge is 0.252 e. The van der Waals surface area contributed by atoms with Crippen molar-refractivity contribution in [2.45, 2.75) is 13.0 Å². The molecule has 1 fully saturated rings. The molecule has 5 nitrogen and oxygen atoms in total. The molecule has 1 atom stereocenters. The molecule has 0 aliphatic carbocycles. The highest BCUT2D eigenvalue weighted by Crippen LogP contribution is 1.95. The third-order valence-corrected chi connectivity index (χ3v) is 1.02. The molecule has 0 radical (unpaired) electrons. The SMILES string of the molecule is CC1C(=O)NNN1[O-]. The number of hydroxylamine groups is 1. The summed E-state index contributed by atoms with van der Waals surface area (Å²) in [5.41, 5.74) is 4.24. The van der Waals surface area contributed by atoms with E-state index in [1.165, 1.54) is 6.92 Å². The molecule has 46 valence electrons. The highest BCUT2D eigenvalue weighted by molar-refractivity contribution is 5.82. The van der Waals surface area contributed by atoms with Gasteiger partial charge < -0.3 is 5.21 Å². The van der Waals surface area contributed by atoms with Crippen LogP contribution in [0.4, 0.5) is 0 Å². The molecule has 0 bridgehead atoms. The Balaban J connectivity index is 2.56. The summed E-state index contributed by atoms with van der Waals surface area (Å²) in [4.78, 5) is 10.4. The molecule has 0 aromatic rings. The monoisotopic (exact) mass is 116 g/mol. The van der Waals surface area contributed by atoms with Crippen molar-refractivity contribution in [2.75, 3.05) is 0 Å². The minimum atomic E-state index is -0.602. The van der Waals surface area contributed by atoms with Gasteiger partial charge >= 0.3 is 0 Å². The molecule has 0 aromatic carbocycles. The van der Waals surface area contributed by atoms with Gasteiger partial charge in [-0.05, 0) is 6.92 Å². The van der Waals surface area contributed by atoms with Crippen LogP contribution in [0.15, 0.2) is 0 Å². The summed E-state index contributed by atoms with van der Waals surface area (Å²) in [7, 11) is 0. The average Bonchev–Trinajstić information content (AvgIpc) is 1.98. The molecule has 8 heavy (non-hydrogen) atoms. The van der Waals surface area contributed by atoms with Crippen LogP contribution in [0.3, 0.4) is 0 Å². The number of carbonyl (C=O) groups is 1. The molecule has 1 rings (SSSR count). The molecule has 1 aliphatic heterocycles.